The summed E-state index contributed by atoms with van der Waals surface area (Å²) in [5.74, 6) is -0.548. The van der Waals surface area contributed by atoms with Crippen molar-refractivity contribution in [2.75, 3.05) is 11.0 Å². The summed E-state index contributed by atoms with van der Waals surface area (Å²) < 4.78 is 37.2. The van der Waals surface area contributed by atoms with Crippen LogP contribution in [-0.4, -0.2) is 14.7 Å². The number of hydrogen-bond donors (Lipinski definition) is 1. The number of hydrogen-bond acceptors (Lipinski definition) is 2. The number of rotatable bonds is 2. The van der Waals surface area contributed by atoms with Gasteiger partial charge in [0.1, 0.15) is 0 Å². The van der Waals surface area contributed by atoms with Gasteiger partial charge in [0.25, 0.3) is 0 Å². The summed E-state index contributed by atoms with van der Waals surface area (Å²) in [6.45, 7) is 0. The minimum absolute atomic E-state index is 0.0191. The van der Waals surface area contributed by atoms with Gasteiger partial charge in [-0.2, -0.15) is 0 Å². The van der Waals surface area contributed by atoms with Crippen LogP contribution in [-0.2, 0) is 10.0 Å². The van der Waals surface area contributed by atoms with Gasteiger partial charge in [-0.25, -0.2) is 12.8 Å². The van der Waals surface area contributed by atoms with Crippen molar-refractivity contribution in [2.45, 2.75) is 0 Å². The fraction of sp³-hybridized carbons (Fsp3) is 0.143. The van der Waals surface area contributed by atoms with Crippen molar-refractivity contribution in [3.63, 3.8) is 0 Å². The molecule has 1 N–H and O–H groups in total. The third-order valence-electron chi connectivity index (χ3n) is 1.25. The Morgan fingerprint density at radius 3 is 2.62 bits per heavy atom. The summed E-state index contributed by atoms with van der Waals surface area (Å²) in [5, 5.41) is 0. The molecule has 13 heavy (non-hydrogen) atoms. The molecule has 0 unspecified atom stereocenters. The van der Waals surface area contributed by atoms with E-state index in [1.165, 1.54) is 6.07 Å². The lowest BCUT2D eigenvalue weighted by molar-refractivity contribution is 0.603. The highest BCUT2D eigenvalue weighted by Gasteiger charge is 2.08. The Labute approximate surface area is 89.5 Å². The molecule has 72 valence electrons. The highest BCUT2D eigenvalue weighted by Crippen LogP contribution is 2.19. The maximum Gasteiger partial charge on any atom is 0.229 e. The summed E-state index contributed by atoms with van der Waals surface area (Å²) in [5.41, 5.74) is -0.0191. The summed E-state index contributed by atoms with van der Waals surface area (Å²) in [7, 11) is -3.41. The van der Waals surface area contributed by atoms with Crippen LogP contribution < -0.4 is 4.72 Å². The number of halogens is 2. The van der Waals surface area contributed by atoms with Crippen molar-refractivity contribution in [1.82, 2.24) is 0 Å². The first-order valence-corrected chi connectivity index (χ1v) is 6.29. The molecule has 0 aromatic heterocycles. The van der Waals surface area contributed by atoms with E-state index in [1.54, 1.807) is 34.7 Å². The molecule has 6 heteroatoms. The van der Waals surface area contributed by atoms with Crippen LogP contribution in [0, 0.1) is 9.39 Å². The van der Waals surface area contributed by atoms with Gasteiger partial charge in [0.15, 0.2) is 5.82 Å². The summed E-state index contributed by atoms with van der Waals surface area (Å²) >= 11 is 1.79. The Kier molecular flexibility index (Phi) is 3.12. The minimum atomic E-state index is -3.41. The van der Waals surface area contributed by atoms with Gasteiger partial charge in [-0.05, 0) is 34.7 Å². The second kappa shape index (κ2) is 3.79. The quantitative estimate of drug-likeness (QED) is 0.846. The van der Waals surface area contributed by atoms with E-state index in [4.69, 9.17) is 0 Å². The normalized spacial score (nSPS) is 11.3. The molecule has 0 amide bonds. The van der Waals surface area contributed by atoms with E-state index in [-0.39, 0.29) is 5.69 Å². The third kappa shape index (κ3) is 3.11. The lowest BCUT2D eigenvalue weighted by Gasteiger charge is -2.05. The second-order valence-corrected chi connectivity index (χ2v) is 5.39. The lowest BCUT2D eigenvalue weighted by Crippen LogP contribution is -2.11. The predicted molar refractivity (Wildman–Crippen MR) is 57.6 cm³/mol. The predicted octanol–water partition coefficient (Wildman–Crippen LogP) is 1.80. The molecule has 0 aliphatic rings. The Morgan fingerprint density at radius 2 is 2.08 bits per heavy atom. The van der Waals surface area contributed by atoms with Gasteiger partial charge in [0, 0.05) is 0 Å². The Balaban J connectivity index is 3.10. The molecule has 0 radical (unpaired) electrons. The van der Waals surface area contributed by atoms with E-state index in [0.717, 1.165) is 6.26 Å². The van der Waals surface area contributed by atoms with Crippen LogP contribution in [0.2, 0.25) is 0 Å². The monoisotopic (exact) mass is 315 g/mol. The third-order valence-corrected chi connectivity index (χ3v) is 2.67. The lowest BCUT2D eigenvalue weighted by atomic mass is 10.3. The van der Waals surface area contributed by atoms with Gasteiger partial charge in [0.2, 0.25) is 10.0 Å². The van der Waals surface area contributed by atoms with Crippen molar-refractivity contribution in [3.05, 3.63) is 27.6 Å². The maximum absolute atomic E-state index is 13.2. The summed E-state index contributed by atoms with van der Waals surface area (Å²) in [6.07, 6.45) is 0.978. The fourth-order valence-electron chi connectivity index (χ4n) is 0.782. The zero-order chi connectivity index (χ0) is 10.1. The van der Waals surface area contributed by atoms with Crippen LogP contribution in [0.1, 0.15) is 0 Å². The Bertz CT molecular complexity index is 419. The molecular weight excluding hydrogens is 308 g/mol. The van der Waals surface area contributed by atoms with Gasteiger partial charge >= 0.3 is 0 Å². The number of anilines is 1. The molecule has 1 aromatic rings. The first-order valence-electron chi connectivity index (χ1n) is 3.32. The van der Waals surface area contributed by atoms with Gasteiger partial charge in [-0.3, -0.25) is 4.72 Å². The average Bonchev–Trinajstić information content (AvgIpc) is 1.96. The van der Waals surface area contributed by atoms with Crippen LogP contribution >= 0.6 is 22.6 Å². The molecular formula is C7H7FINO2S. The Morgan fingerprint density at radius 1 is 1.46 bits per heavy atom. The van der Waals surface area contributed by atoms with Crippen molar-refractivity contribution in [2.24, 2.45) is 0 Å². The molecule has 1 aromatic carbocycles. The van der Waals surface area contributed by atoms with Gasteiger partial charge in [0.05, 0.1) is 15.5 Å². The van der Waals surface area contributed by atoms with Crippen molar-refractivity contribution < 1.29 is 12.8 Å². The van der Waals surface area contributed by atoms with Crippen LogP contribution in [0.25, 0.3) is 0 Å². The molecule has 1 rings (SSSR count). The van der Waals surface area contributed by atoms with E-state index in [0.29, 0.717) is 3.57 Å². The SMILES string of the molecule is CS(=O)(=O)Nc1cccc(I)c1F. The van der Waals surface area contributed by atoms with Crippen LogP contribution in [0.3, 0.4) is 0 Å². The number of sulfonamides is 1. The largest absolute Gasteiger partial charge is 0.281 e. The molecule has 0 spiro atoms. The van der Waals surface area contributed by atoms with Crippen LogP contribution in [0.15, 0.2) is 18.2 Å². The maximum atomic E-state index is 13.2. The smallest absolute Gasteiger partial charge is 0.229 e. The van der Waals surface area contributed by atoms with E-state index in [9.17, 15) is 12.8 Å². The second-order valence-electron chi connectivity index (χ2n) is 2.48. The molecule has 0 atom stereocenters. The van der Waals surface area contributed by atoms with Gasteiger partial charge in [-0.1, -0.05) is 6.07 Å². The highest BCUT2D eigenvalue weighted by molar-refractivity contribution is 14.1. The zero-order valence-electron chi connectivity index (χ0n) is 6.71. The average molecular weight is 315 g/mol. The Hall–Kier alpha value is -0.370. The van der Waals surface area contributed by atoms with Crippen LogP contribution in [0.5, 0.6) is 0 Å². The molecule has 0 saturated heterocycles. The fourth-order valence-corrected chi connectivity index (χ4v) is 1.84. The van der Waals surface area contributed by atoms with E-state index in [2.05, 4.69) is 4.72 Å². The molecule has 0 heterocycles. The van der Waals surface area contributed by atoms with Gasteiger partial charge in [-0.15, -0.1) is 0 Å². The topological polar surface area (TPSA) is 46.2 Å². The van der Waals surface area contributed by atoms with Crippen molar-refractivity contribution in [3.8, 4) is 0 Å². The number of nitrogens with one attached hydrogen (secondary N) is 1. The van der Waals surface area contributed by atoms with E-state index >= 15 is 0 Å². The molecule has 0 aliphatic heterocycles. The van der Waals surface area contributed by atoms with E-state index in [1.807, 2.05) is 0 Å². The zero-order valence-corrected chi connectivity index (χ0v) is 9.69. The standard InChI is InChI=1S/C7H7FINO2S/c1-13(11,12)10-6-4-2-3-5(9)7(6)8/h2-4,10H,1H3. The molecule has 0 bridgehead atoms. The van der Waals surface area contributed by atoms with E-state index < -0.39 is 15.8 Å². The molecule has 0 aliphatic carbocycles. The van der Waals surface area contributed by atoms with Gasteiger partial charge < -0.3 is 0 Å². The number of benzene rings is 1. The first-order chi connectivity index (χ1) is 5.90. The van der Waals surface area contributed by atoms with Crippen LogP contribution in [0.4, 0.5) is 10.1 Å². The van der Waals surface area contributed by atoms with Crippen molar-refractivity contribution in [1.29, 1.82) is 0 Å². The minimum Gasteiger partial charge on any atom is -0.281 e. The first kappa shape index (κ1) is 10.7. The molecule has 0 saturated carbocycles. The highest BCUT2D eigenvalue weighted by atomic mass is 127. The summed E-state index contributed by atoms with van der Waals surface area (Å²) in [4.78, 5) is 0. The summed E-state index contributed by atoms with van der Waals surface area (Å²) in [6, 6.07) is 4.51. The molecule has 3 nitrogen and oxygen atoms in total. The molecule has 0 fully saturated rings. The van der Waals surface area contributed by atoms with Crippen molar-refractivity contribution >= 4 is 38.3 Å².